The molecule has 2 amide bonds. The first-order chi connectivity index (χ1) is 16.4. The van der Waals surface area contributed by atoms with Gasteiger partial charge in [0, 0.05) is 17.6 Å². The van der Waals surface area contributed by atoms with E-state index >= 15 is 0 Å². The summed E-state index contributed by atoms with van der Waals surface area (Å²) in [5.41, 5.74) is 1.58. The number of nitrogens with one attached hydrogen (secondary N) is 1. The highest BCUT2D eigenvalue weighted by atomic mass is 16.6. The van der Waals surface area contributed by atoms with Crippen LogP contribution in [0.3, 0.4) is 0 Å². The first-order valence-electron chi connectivity index (χ1n) is 11.8. The third kappa shape index (κ3) is 4.30. The number of carbonyl (C=O) groups is 2. The van der Waals surface area contributed by atoms with Gasteiger partial charge in [0.05, 0.1) is 6.04 Å². The minimum atomic E-state index is -0.604. The predicted octanol–water partition coefficient (Wildman–Crippen LogP) is 5.35. The van der Waals surface area contributed by atoms with Gasteiger partial charge in [-0.25, -0.2) is 9.78 Å². The minimum Gasteiger partial charge on any atom is -0.444 e. The summed E-state index contributed by atoms with van der Waals surface area (Å²) in [7, 11) is 0. The van der Waals surface area contributed by atoms with Crippen LogP contribution in [0.15, 0.2) is 71.3 Å². The number of benzene rings is 2. The monoisotopic (exact) mass is 459 g/mol. The number of cyclic esters (lactones) is 1. The standard InChI is InChI=1S/C27H29N3O4/c1-27(2)23(18-9-5-3-6-10-18)30(26(32)34-27)21-15-13-20(14-16-21)28-24(31)22-17-33-25(29-22)19-11-7-4-8-12-19/h3-12,17,20-21,23H,13-16H2,1-2H3,(H,28,31)/t20-,21-,23-/m0/s1. The number of carbonyl (C=O) groups excluding carboxylic acids is 2. The van der Waals surface area contributed by atoms with E-state index in [1.165, 1.54) is 6.26 Å². The fraction of sp³-hybridized carbons (Fsp3) is 0.370. The summed E-state index contributed by atoms with van der Waals surface area (Å²) in [4.78, 5) is 31.9. The van der Waals surface area contributed by atoms with E-state index in [4.69, 9.17) is 9.15 Å². The summed E-state index contributed by atoms with van der Waals surface area (Å²) in [6, 6.07) is 19.5. The zero-order valence-electron chi connectivity index (χ0n) is 19.4. The summed E-state index contributed by atoms with van der Waals surface area (Å²) in [5, 5.41) is 3.09. The Labute approximate surface area is 199 Å². The predicted molar refractivity (Wildman–Crippen MR) is 127 cm³/mol. The molecule has 1 saturated heterocycles. The molecule has 0 spiro atoms. The Bertz CT molecular complexity index is 1150. The molecule has 2 aromatic carbocycles. The Hall–Kier alpha value is -3.61. The van der Waals surface area contributed by atoms with Gasteiger partial charge >= 0.3 is 6.09 Å². The lowest BCUT2D eigenvalue weighted by Gasteiger charge is -2.38. The second kappa shape index (κ2) is 8.97. The molecule has 3 aromatic rings. The second-order valence-corrected chi connectivity index (χ2v) is 9.57. The Morgan fingerprint density at radius 1 is 1.00 bits per heavy atom. The highest BCUT2D eigenvalue weighted by Crippen LogP contribution is 2.44. The third-order valence-electron chi connectivity index (χ3n) is 6.80. The van der Waals surface area contributed by atoms with Crippen molar-refractivity contribution in [2.75, 3.05) is 0 Å². The molecule has 1 aliphatic carbocycles. The maximum absolute atomic E-state index is 12.9. The summed E-state index contributed by atoms with van der Waals surface area (Å²) in [5.74, 6) is 0.190. The number of rotatable bonds is 5. The second-order valence-electron chi connectivity index (χ2n) is 9.57. The van der Waals surface area contributed by atoms with E-state index in [9.17, 15) is 9.59 Å². The van der Waals surface area contributed by atoms with Crippen LogP contribution in [-0.4, -0.2) is 39.6 Å². The molecule has 1 aromatic heterocycles. The van der Waals surface area contributed by atoms with Gasteiger partial charge in [0.2, 0.25) is 5.89 Å². The molecule has 2 heterocycles. The van der Waals surface area contributed by atoms with Crippen LogP contribution in [0.4, 0.5) is 4.79 Å². The molecular weight excluding hydrogens is 430 g/mol. The smallest absolute Gasteiger partial charge is 0.411 e. The normalized spacial score (nSPS) is 24.0. The van der Waals surface area contributed by atoms with Crippen molar-refractivity contribution in [3.63, 3.8) is 0 Å². The van der Waals surface area contributed by atoms with Crippen LogP contribution < -0.4 is 5.32 Å². The van der Waals surface area contributed by atoms with E-state index in [2.05, 4.69) is 22.4 Å². The van der Waals surface area contributed by atoms with Gasteiger partial charge in [0.25, 0.3) is 5.91 Å². The number of hydrogen-bond donors (Lipinski definition) is 1. The van der Waals surface area contributed by atoms with Crippen molar-refractivity contribution in [1.82, 2.24) is 15.2 Å². The van der Waals surface area contributed by atoms with E-state index < -0.39 is 5.60 Å². The van der Waals surface area contributed by atoms with Gasteiger partial charge in [0.15, 0.2) is 5.69 Å². The van der Waals surface area contributed by atoms with Crippen molar-refractivity contribution < 1.29 is 18.7 Å². The Morgan fingerprint density at radius 3 is 2.32 bits per heavy atom. The molecule has 7 nitrogen and oxygen atoms in total. The largest absolute Gasteiger partial charge is 0.444 e. The lowest BCUT2D eigenvalue weighted by molar-refractivity contribution is 0.0663. The van der Waals surface area contributed by atoms with E-state index in [1.54, 1.807) is 0 Å². The van der Waals surface area contributed by atoms with E-state index in [0.29, 0.717) is 5.89 Å². The van der Waals surface area contributed by atoms with Gasteiger partial charge in [-0.2, -0.15) is 0 Å². The van der Waals surface area contributed by atoms with Crippen LogP contribution in [-0.2, 0) is 4.74 Å². The molecule has 1 aliphatic heterocycles. The zero-order valence-corrected chi connectivity index (χ0v) is 19.4. The van der Waals surface area contributed by atoms with E-state index in [-0.39, 0.29) is 35.8 Å². The topological polar surface area (TPSA) is 84.7 Å². The maximum atomic E-state index is 12.9. The highest BCUT2D eigenvalue weighted by Gasteiger charge is 2.51. The highest BCUT2D eigenvalue weighted by molar-refractivity contribution is 5.92. The van der Waals surface area contributed by atoms with Gasteiger partial charge in [-0.15, -0.1) is 0 Å². The number of oxazole rings is 1. The van der Waals surface area contributed by atoms with Crippen molar-refractivity contribution in [2.24, 2.45) is 0 Å². The number of ether oxygens (including phenoxy) is 1. The van der Waals surface area contributed by atoms with Gasteiger partial charge in [-0.1, -0.05) is 48.5 Å². The molecule has 2 aliphatic rings. The summed E-state index contributed by atoms with van der Waals surface area (Å²) >= 11 is 0. The van der Waals surface area contributed by atoms with Crippen LogP contribution in [0.25, 0.3) is 11.5 Å². The lowest BCUT2D eigenvalue weighted by Crippen LogP contribution is -2.46. The number of hydrogen-bond acceptors (Lipinski definition) is 5. The van der Waals surface area contributed by atoms with E-state index in [1.807, 2.05) is 67.3 Å². The average molecular weight is 460 g/mol. The van der Waals surface area contributed by atoms with Crippen LogP contribution in [0.2, 0.25) is 0 Å². The van der Waals surface area contributed by atoms with E-state index in [0.717, 1.165) is 36.8 Å². The quantitative estimate of drug-likeness (QED) is 0.556. The molecule has 0 unspecified atom stereocenters. The Balaban J connectivity index is 1.22. The van der Waals surface area contributed by atoms with Crippen molar-refractivity contribution >= 4 is 12.0 Å². The third-order valence-corrected chi connectivity index (χ3v) is 6.80. The Morgan fingerprint density at radius 2 is 1.65 bits per heavy atom. The van der Waals surface area contributed by atoms with Crippen molar-refractivity contribution in [3.8, 4) is 11.5 Å². The average Bonchev–Trinajstić information content (AvgIpc) is 3.43. The fourth-order valence-electron chi connectivity index (χ4n) is 5.18. The van der Waals surface area contributed by atoms with Gasteiger partial charge < -0.3 is 14.5 Å². The molecule has 5 rings (SSSR count). The first-order valence-corrected chi connectivity index (χ1v) is 11.8. The summed E-state index contributed by atoms with van der Waals surface area (Å²) in [6.45, 7) is 3.94. The maximum Gasteiger partial charge on any atom is 0.411 e. The molecule has 1 saturated carbocycles. The lowest BCUT2D eigenvalue weighted by atomic mass is 9.86. The van der Waals surface area contributed by atoms with Gasteiger partial charge in [-0.05, 0) is 57.2 Å². The molecular formula is C27H29N3O4. The zero-order chi connectivity index (χ0) is 23.7. The number of nitrogens with zero attached hydrogens (tertiary/aromatic N) is 2. The minimum absolute atomic E-state index is 0.0300. The van der Waals surface area contributed by atoms with Crippen molar-refractivity contribution in [1.29, 1.82) is 0 Å². The first kappa shape index (κ1) is 22.2. The molecule has 7 heteroatoms. The molecule has 0 bridgehead atoms. The van der Waals surface area contributed by atoms with Gasteiger partial charge in [-0.3, -0.25) is 9.69 Å². The van der Waals surface area contributed by atoms with Crippen LogP contribution >= 0.6 is 0 Å². The van der Waals surface area contributed by atoms with Crippen LogP contribution in [0.5, 0.6) is 0 Å². The summed E-state index contributed by atoms with van der Waals surface area (Å²) in [6.07, 6.45) is 4.30. The molecule has 2 fully saturated rings. The van der Waals surface area contributed by atoms with Gasteiger partial charge in [0.1, 0.15) is 11.9 Å². The SMILES string of the molecule is CC1(C)OC(=O)N([C@H]2CC[C@H](NC(=O)c3coc(-c4ccccc4)n3)CC2)[C@H]1c1ccccc1. The molecule has 1 atom stereocenters. The number of amides is 2. The number of aromatic nitrogens is 1. The van der Waals surface area contributed by atoms with Crippen LogP contribution in [0, 0.1) is 0 Å². The van der Waals surface area contributed by atoms with Crippen molar-refractivity contribution in [2.45, 2.75) is 63.3 Å². The molecule has 176 valence electrons. The summed E-state index contributed by atoms with van der Waals surface area (Å²) < 4.78 is 11.3. The van der Waals surface area contributed by atoms with Crippen LogP contribution in [0.1, 0.15) is 61.6 Å². The van der Waals surface area contributed by atoms with Crippen molar-refractivity contribution in [3.05, 3.63) is 78.2 Å². The fourth-order valence-corrected chi connectivity index (χ4v) is 5.18. The molecule has 0 radical (unpaired) electrons. The molecule has 1 N–H and O–H groups in total. The molecule has 34 heavy (non-hydrogen) atoms. The Kier molecular flexibility index (Phi) is 5.86.